The van der Waals surface area contributed by atoms with Crippen LogP contribution in [-0.4, -0.2) is 20.4 Å². The van der Waals surface area contributed by atoms with Gasteiger partial charge in [0.05, 0.1) is 10.6 Å². The number of aromatic nitrogens is 4. The van der Waals surface area contributed by atoms with E-state index in [-0.39, 0.29) is 17.2 Å². The van der Waals surface area contributed by atoms with Gasteiger partial charge in [0.15, 0.2) is 0 Å². The normalized spacial score (nSPS) is 10.6. The van der Waals surface area contributed by atoms with E-state index in [1.807, 2.05) is 6.07 Å². The summed E-state index contributed by atoms with van der Waals surface area (Å²) in [6, 6.07) is 11.7. The van der Waals surface area contributed by atoms with Gasteiger partial charge in [-0.2, -0.15) is 0 Å². The summed E-state index contributed by atoms with van der Waals surface area (Å²) in [5, 5.41) is 16.3. The molecule has 7 heteroatoms. The molecule has 0 saturated carbocycles. The summed E-state index contributed by atoms with van der Waals surface area (Å²) in [5.41, 5.74) is 0.849. The van der Waals surface area contributed by atoms with Gasteiger partial charge in [-0.15, -0.1) is 20.4 Å². The Balaban J connectivity index is 2.04. The van der Waals surface area contributed by atoms with Gasteiger partial charge < -0.3 is 0 Å². The molecule has 3 rings (SSSR count). The van der Waals surface area contributed by atoms with Crippen molar-refractivity contribution in [3.05, 3.63) is 57.8 Å². The zero-order chi connectivity index (χ0) is 14.8. The Bertz CT molecular complexity index is 775. The molecule has 0 spiro atoms. The predicted molar refractivity (Wildman–Crippen MR) is 81.2 cm³/mol. The van der Waals surface area contributed by atoms with Gasteiger partial charge in [-0.3, -0.25) is 0 Å². The first-order valence-electron chi connectivity index (χ1n) is 5.93. The van der Waals surface area contributed by atoms with E-state index in [0.29, 0.717) is 15.1 Å². The van der Waals surface area contributed by atoms with Crippen LogP contribution in [0.1, 0.15) is 0 Å². The van der Waals surface area contributed by atoms with Gasteiger partial charge in [-0.25, -0.2) is 4.39 Å². The second-order valence-corrected chi connectivity index (χ2v) is 5.39. The van der Waals surface area contributed by atoms with Gasteiger partial charge in [0.1, 0.15) is 5.82 Å². The van der Waals surface area contributed by atoms with E-state index in [4.69, 9.17) is 11.6 Å². The molecule has 0 aliphatic rings. The Morgan fingerprint density at radius 3 is 2.19 bits per heavy atom. The first-order valence-corrected chi connectivity index (χ1v) is 7.10. The van der Waals surface area contributed by atoms with Crippen LogP contribution in [0, 0.1) is 5.82 Å². The number of hydrogen-bond acceptors (Lipinski definition) is 4. The van der Waals surface area contributed by atoms with Crippen molar-refractivity contribution in [3.8, 4) is 22.8 Å². The summed E-state index contributed by atoms with van der Waals surface area (Å²) in [4.78, 5) is 0. The van der Waals surface area contributed by atoms with Crippen molar-refractivity contribution >= 4 is 27.5 Å². The minimum Gasteiger partial charge on any atom is -0.206 e. The Morgan fingerprint density at radius 1 is 0.857 bits per heavy atom. The molecule has 104 valence electrons. The van der Waals surface area contributed by atoms with Gasteiger partial charge in [0.2, 0.25) is 11.6 Å². The second-order valence-electron chi connectivity index (χ2n) is 4.12. The highest BCUT2D eigenvalue weighted by molar-refractivity contribution is 9.10. The van der Waals surface area contributed by atoms with E-state index in [1.54, 1.807) is 30.3 Å². The van der Waals surface area contributed by atoms with Crippen molar-refractivity contribution in [2.75, 3.05) is 0 Å². The lowest BCUT2D eigenvalue weighted by atomic mass is 10.2. The van der Waals surface area contributed by atoms with Crippen LogP contribution in [0.4, 0.5) is 4.39 Å². The van der Waals surface area contributed by atoms with Crippen molar-refractivity contribution in [1.29, 1.82) is 0 Å². The highest BCUT2D eigenvalue weighted by Gasteiger charge is 2.14. The lowest BCUT2D eigenvalue weighted by Crippen LogP contribution is -2.01. The van der Waals surface area contributed by atoms with Gasteiger partial charge in [0, 0.05) is 10.0 Å². The number of halogens is 3. The van der Waals surface area contributed by atoms with E-state index in [1.165, 1.54) is 6.07 Å². The van der Waals surface area contributed by atoms with Gasteiger partial charge >= 0.3 is 0 Å². The summed E-state index contributed by atoms with van der Waals surface area (Å²) in [7, 11) is 0. The van der Waals surface area contributed by atoms with E-state index in [0.717, 1.165) is 0 Å². The van der Waals surface area contributed by atoms with Crippen LogP contribution in [0.15, 0.2) is 46.9 Å². The largest absolute Gasteiger partial charge is 0.207 e. The summed E-state index contributed by atoms with van der Waals surface area (Å²) in [6.07, 6.45) is 0. The van der Waals surface area contributed by atoms with Crippen LogP contribution in [0.25, 0.3) is 22.8 Å². The smallest absolute Gasteiger partial charge is 0.206 e. The molecule has 21 heavy (non-hydrogen) atoms. The molecular formula is C14H7BrClFN4. The fourth-order valence-electron chi connectivity index (χ4n) is 1.79. The van der Waals surface area contributed by atoms with Crippen LogP contribution in [0.2, 0.25) is 5.02 Å². The number of nitrogens with zero attached hydrogens (tertiary/aromatic N) is 4. The van der Waals surface area contributed by atoms with Crippen molar-refractivity contribution in [2.45, 2.75) is 0 Å². The third kappa shape index (κ3) is 2.77. The fourth-order valence-corrected chi connectivity index (χ4v) is 2.53. The first kappa shape index (κ1) is 14.0. The summed E-state index contributed by atoms with van der Waals surface area (Å²) >= 11 is 9.33. The lowest BCUT2D eigenvalue weighted by molar-refractivity contribution is 0.627. The predicted octanol–water partition coefficient (Wildman–Crippen LogP) is 4.16. The molecule has 0 atom stereocenters. The molecule has 0 N–H and O–H groups in total. The molecule has 1 aromatic heterocycles. The maximum Gasteiger partial charge on any atom is 0.207 e. The lowest BCUT2D eigenvalue weighted by Gasteiger charge is -2.04. The Morgan fingerprint density at radius 2 is 1.52 bits per heavy atom. The molecule has 0 amide bonds. The third-order valence-corrected chi connectivity index (χ3v) is 3.77. The number of rotatable bonds is 2. The minimum absolute atomic E-state index is 0.107. The number of hydrogen-bond donors (Lipinski definition) is 0. The first-order chi connectivity index (χ1) is 10.2. The Labute approximate surface area is 133 Å². The molecule has 1 heterocycles. The molecule has 0 saturated heterocycles. The molecule has 0 bridgehead atoms. The SMILES string of the molecule is Fc1cccc(Br)c1-c1nnc(-c2ccccc2Cl)nn1. The molecule has 2 aromatic carbocycles. The summed E-state index contributed by atoms with van der Waals surface area (Å²) < 4.78 is 14.4. The van der Waals surface area contributed by atoms with Crippen LogP contribution in [0.5, 0.6) is 0 Å². The zero-order valence-electron chi connectivity index (χ0n) is 10.5. The van der Waals surface area contributed by atoms with Crippen molar-refractivity contribution < 1.29 is 4.39 Å². The maximum absolute atomic E-state index is 13.8. The van der Waals surface area contributed by atoms with Crippen LogP contribution in [-0.2, 0) is 0 Å². The standard InChI is InChI=1S/C14H7BrClFN4/c15-9-5-3-7-11(17)12(9)14-20-18-13(19-21-14)8-4-1-2-6-10(8)16/h1-7H. The van der Waals surface area contributed by atoms with E-state index < -0.39 is 5.82 Å². The molecule has 0 unspecified atom stereocenters. The maximum atomic E-state index is 13.8. The van der Waals surface area contributed by atoms with Gasteiger partial charge in [-0.05, 0) is 40.2 Å². The Hall–Kier alpha value is -1.92. The molecule has 0 aliphatic carbocycles. The van der Waals surface area contributed by atoms with E-state index in [9.17, 15) is 4.39 Å². The Kier molecular flexibility index (Phi) is 3.90. The molecule has 0 fully saturated rings. The second kappa shape index (κ2) is 5.83. The minimum atomic E-state index is -0.446. The molecular weight excluding hydrogens is 359 g/mol. The van der Waals surface area contributed by atoms with Crippen molar-refractivity contribution in [1.82, 2.24) is 20.4 Å². The van der Waals surface area contributed by atoms with Gasteiger partial charge in [-0.1, -0.05) is 29.8 Å². The fraction of sp³-hybridized carbons (Fsp3) is 0. The van der Waals surface area contributed by atoms with Crippen molar-refractivity contribution in [3.63, 3.8) is 0 Å². The summed E-state index contributed by atoms with van der Waals surface area (Å²) in [5.74, 6) is -0.0499. The highest BCUT2D eigenvalue weighted by Crippen LogP contribution is 2.28. The van der Waals surface area contributed by atoms with E-state index in [2.05, 4.69) is 36.3 Å². The summed E-state index contributed by atoms with van der Waals surface area (Å²) in [6.45, 7) is 0. The van der Waals surface area contributed by atoms with E-state index >= 15 is 0 Å². The molecule has 4 nitrogen and oxygen atoms in total. The third-order valence-electron chi connectivity index (χ3n) is 2.78. The average molecular weight is 366 g/mol. The quantitative estimate of drug-likeness (QED) is 0.684. The zero-order valence-corrected chi connectivity index (χ0v) is 12.8. The highest BCUT2D eigenvalue weighted by atomic mass is 79.9. The molecule has 0 radical (unpaired) electrons. The van der Waals surface area contributed by atoms with Gasteiger partial charge in [0.25, 0.3) is 0 Å². The monoisotopic (exact) mass is 364 g/mol. The number of benzene rings is 2. The average Bonchev–Trinajstić information content (AvgIpc) is 2.48. The topological polar surface area (TPSA) is 51.6 Å². The van der Waals surface area contributed by atoms with Crippen LogP contribution >= 0.6 is 27.5 Å². The molecule has 0 aliphatic heterocycles. The van der Waals surface area contributed by atoms with Crippen LogP contribution < -0.4 is 0 Å². The molecule has 3 aromatic rings. The van der Waals surface area contributed by atoms with Crippen LogP contribution in [0.3, 0.4) is 0 Å². The van der Waals surface area contributed by atoms with Crippen molar-refractivity contribution in [2.24, 2.45) is 0 Å².